The summed E-state index contributed by atoms with van der Waals surface area (Å²) in [7, 11) is 0. The summed E-state index contributed by atoms with van der Waals surface area (Å²) in [5.41, 5.74) is 5.74. The molecule has 1 atom stereocenters. The van der Waals surface area contributed by atoms with Crippen LogP contribution in [-0.2, 0) is 4.79 Å². The minimum Gasteiger partial charge on any atom is -0.483 e. The molecule has 1 amide bonds. The molecule has 4 nitrogen and oxygen atoms in total. The lowest BCUT2D eigenvalue weighted by atomic mass is 9.97. The van der Waals surface area contributed by atoms with Crippen LogP contribution in [0.1, 0.15) is 51.9 Å². The molecule has 0 radical (unpaired) electrons. The molecule has 0 saturated carbocycles. The van der Waals surface area contributed by atoms with Gasteiger partial charge in [0.05, 0.1) is 5.56 Å². The Morgan fingerprint density at radius 3 is 2.68 bits per heavy atom. The van der Waals surface area contributed by atoms with Gasteiger partial charge in [-0.2, -0.15) is 0 Å². The van der Waals surface area contributed by atoms with Crippen molar-refractivity contribution < 1.29 is 14.3 Å². The van der Waals surface area contributed by atoms with E-state index in [1.165, 1.54) is 0 Å². The molecule has 0 spiro atoms. The first-order valence-corrected chi connectivity index (χ1v) is 8.54. The van der Waals surface area contributed by atoms with Crippen molar-refractivity contribution in [3.8, 4) is 5.75 Å². The summed E-state index contributed by atoms with van der Waals surface area (Å²) in [4.78, 5) is 24.5. The average molecular weight is 337 g/mol. The third kappa shape index (κ3) is 3.29. The number of Topliss-reactive ketones (excluding diaryl/α,β-unsaturated/α-hetero) is 1. The quantitative estimate of drug-likeness (QED) is 0.904. The van der Waals surface area contributed by atoms with Gasteiger partial charge in [0, 0.05) is 12.1 Å². The Morgan fingerprint density at radius 2 is 1.92 bits per heavy atom. The monoisotopic (exact) mass is 337 g/mol. The molecular formula is C21H23NO3. The summed E-state index contributed by atoms with van der Waals surface area (Å²) >= 11 is 0. The van der Waals surface area contributed by atoms with Crippen LogP contribution in [0.2, 0.25) is 0 Å². The van der Waals surface area contributed by atoms with Gasteiger partial charge in [0.15, 0.2) is 12.4 Å². The molecule has 0 unspecified atom stereocenters. The number of benzene rings is 2. The lowest BCUT2D eigenvalue weighted by molar-refractivity contribution is -0.118. The highest BCUT2D eigenvalue weighted by Gasteiger charge is 2.31. The maximum absolute atomic E-state index is 12.3. The van der Waals surface area contributed by atoms with Gasteiger partial charge in [0.1, 0.15) is 5.75 Å². The van der Waals surface area contributed by atoms with E-state index >= 15 is 0 Å². The zero-order valence-corrected chi connectivity index (χ0v) is 15.1. The Balaban J connectivity index is 1.73. The van der Waals surface area contributed by atoms with Crippen LogP contribution in [0.15, 0.2) is 30.3 Å². The van der Waals surface area contributed by atoms with Crippen molar-refractivity contribution in [1.29, 1.82) is 0 Å². The summed E-state index contributed by atoms with van der Waals surface area (Å²) in [5.74, 6) is 0.568. The lowest BCUT2D eigenvalue weighted by Gasteiger charge is -2.14. The van der Waals surface area contributed by atoms with Gasteiger partial charge in [-0.3, -0.25) is 9.59 Å². The molecular weight excluding hydrogens is 314 g/mol. The molecule has 0 saturated heterocycles. The standard InChI is InChI=1S/C21H23NO3/c1-12-6-5-7-16(15(12)4)22-19(24)11-25-18-9-8-13(2)20-14(3)10-17(23)21(18)20/h5-9,14H,10-11H2,1-4H3,(H,22,24)/t14-/m0/s1. The number of hydrogen-bond acceptors (Lipinski definition) is 3. The Bertz CT molecular complexity index is 854. The second-order valence-corrected chi connectivity index (χ2v) is 6.78. The van der Waals surface area contributed by atoms with E-state index in [9.17, 15) is 9.59 Å². The SMILES string of the molecule is Cc1cccc(NC(=O)COc2ccc(C)c3c2C(=O)C[C@@H]3C)c1C. The highest BCUT2D eigenvalue weighted by atomic mass is 16.5. The van der Waals surface area contributed by atoms with Gasteiger partial charge in [-0.25, -0.2) is 0 Å². The number of carbonyl (C=O) groups excluding carboxylic acids is 2. The molecule has 2 aromatic carbocycles. The number of anilines is 1. The second-order valence-electron chi connectivity index (χ2n) is 6.78. The molecule has 130 valence electrons. The average Bonchev–Trinajstić information content (AvgIpc) is 2.87. The highest BCUT2D eigenvalue weighted by molar-refractivity contribution is 6.04. The largest absolute Gasteiger partial charge is 0.483 e. The van der Waals surface area contributed by atoms with Crippen LogP contribution >= 0.6 is 0 Å². The van der Waals surface area contributed by atoms with E-state index in [-0.39, 0.29) is 24.2 Å². The number of ether oxygens (including phenoxy) is 1. The Labute approximate surface area is 148 Å². The normalized spacial score (nSPS) is 15.8. The van der Waals surface area contributed by atoms with Crippen LogP contribution in [0.4, 0.5) is 5.69 Å². The number of carbonyl (C=O) groups is 2. The van der Waals surface area contributed by atoms with Crippen LogP contribution < -0.4 is 10.1 Å². The number of hydrogen-bond donors (Lipinski definition) is 1. The molecule has 1 N–H and O–H groups in total. The predicted molar refractivity (Wildman–Crippen MR) is 98.6 cm³/mol. The van der Waals surface area contributed by atoms with Crippen LogP contribution in [0.25, 0.3) is 0 Å². The Kier molecular flexibility index (Phi) is 4.62. The number of aryl methyl sites for hydroxylation is 2. The number of rotatable bonds is 4. The molecule has 25 heavy (non-hydrogen) atoms. The Morgan fingerprint density at radius 1 is 1.16 bits per heavy atom. The molecule has 0 bridgehead atoms. The number of nitrogens with one attached hydrogen (secondary N) is 1. The van der Waals surface area contributed by atoms with Crippen molar-refractivity contribution in [3.05, 3.63) is 58.1 Å². The van der Waals surface area contributed by atoms with E-state index in [1.54, 1.807) is 6.07 Å². The van der Waals surface area contributed by atoms with Crippen molar-refractivity contribution in [2.45, 2.75) is 40.0 Å². The number of ketones is 1. The van der Waals surface area contributed by atoms with E-state index in [0.717, 1.165) is 27.9 Å². The molecule has 0 fully saturated rings. The summed E-state index contributed by atoms with van der Waals surface area (Å²) < 4.78 is 5.69. The van der Waals surface area contributed by atoms with Crippen molar-refractivity contribution in [1.82, 2.24) is 0 Å². The second kappa shape index (κ2) is 6.71. The zero-order chi connectivity index (χ0) is 18.1. The van der Waals surface area contributed by atoms with E-state index in [1.807, 2.05) is 52.0 Å². The number of amides is 1. The highest BCUT2D eigenvalue weighted by Crippen LogP contribution is 2.40. The maximum atomic E-state index is 12.3. The van der Waals surface area contributed by atoms with Gasteiger partial charge < -0.3 is 10.1 Å². The molecule has 1 aliphatic carbocycles. The first kappa shape index (κ1) is 17.2. The predicted octanol–water partition coefficient (Wildman–Crippen LogP) is 4.32. The summed E-state index contributed by atoms with van der Waals surface area (Å²) in [5, 5.41) is 2.87. The summed E-state index contributed by atoms with van der Waals surface area (Å²) in [6.07, 6.45) is 0.505. The topological polar surface area (TPSA) is 55.4 Å². The minimum absolute atomic E-state index is 0.0936. The number of fused-ring (bicyclic) bond motifs is 1. The fourth-order valence-corrected chi connectivity index (χ4v) is 3.44. The van der Waals surface area contributed by atoms with Gasteiger partial charge in [-0.15, -0.1) is 0 Å². The summed E-state index contributed by atoms with van der Waals surface area (Å²) in [6.45, 7) is 7.91. The molecule has 3 rings (SSSR count). The van der Waals surface area contributed by atoms with Crippen molar-refractivity contribution in [2.75, 3.05) is 11.9 Å². The first-order valence-electron chi connectivity index (χ1n) is 8.54. The smallest absolute Gasteiger partial charge is 0.262 e. The molecule has 0 heterocycles. The molecule has 1 aliphatic rings. The van der Waals surface area contributed by atoms with E-state index in [4.69, 9.17) is 4.74 Å². The third-order valence-corrected chi connectivity index (χ3v) is 4.93. The van der Waals surface area contributed by atoms with Gasteiger partial charge in [0.25, 0.3) is 5.91 Å². The zero-order valence-electron chi connectivity index (χ0n) is 15.1. The van der Waals surface area contributed by atoms with Gasteiger partial charge in [-0.05, 0) is 61.1 Å². The minimum atomic E-state index is -0.235. The fraction of sp³-hybridized carbons (Fsp3) is 0.333. The van der Waals surface area contributed by atoms with Crippen LogP contribution in [0, 0.1) is 20.8 Å². The van der Waals surface area contributed by atoms with E-state index in [0.29, 0.717) is 17.7 Å². The van der Waals surface area contributed by atoms with Crippen LogP contribution in [0.3, 0.4) is 0 Å². The van der Waals surface area contributed by atoms with E-state index in [2.05, 4.69) is 5.32 Å². The van der Waals surface area contributed by atoms with Crippen LogP contribution in [0.5, 0.6) is 5.75 Å². The third-order valence-electron chi connectivity index (χ3n) is 4.93. The van der Waals surface area contributed by atoms with Crippen molar-refractivity contribution >= 4 is 17.4 Å². The molecule has 0 aromatic heterocycles. The lowest BCUT2D eigenvalue weighted by Crippen LogP contribution is -2.21. The molecule has 4 heteroatoms. The van der Waals surface area contributed by atoms with Crippen molar-refractivity contribution in [3.63, 3.8) is 0 Å². The molecule has 2 aromatic rings. The maximum Gasteiger partial charge on any atom is 0.262 e. The van der Waals surface area contributed by atoms with Gasteiger partial charge >= 0.3 is 0 Å². The summed E-state index contributed by atoms with van der Waals surface area (Å²) in [6, 6.07) is 9.52. The van der Waals surface area contributed by atoms with Crippen molar-refractivity contribution in [2.24, 2.45) is 0 Å². The van der Waals surface area contributed by atoms with Gasteiger partial charge in [-0.1, -0.05) is 25.1 Å². The van der Waals surface area contributed by atoms with E-state index < -0.39 is 0 Å². The van der Waals surface area contributed by atoms with Crippen LogP contribution in [-0.4, -0.2) is 18.3 Å². The van der Waals surface area contributed by atoms with Gasteiger partial charge in [0.2, 0.25) is 0 Å². The Hall–Kier alpha value is -2.62. The molecule has 0 aliphatic heterocycles. The fourth-order valence-electron chi connectivity index (χ4n) is 3.44. The first-order chi connectivity index (χ1) is 11.9.